The number of hydrogen-bond donors (Lipinski definition) is 1. The van der Waals surface area contributed by atoms with Gasteiger partial charge in [-0.25, -0.2) is 9.97 Å². The summed E-state index contributed by atoms with van der Waals surface area (Å²) < 4.78 is 2.38. The van der Waals surface area contributed by atoms with Crippen LogP contribution < -0.4 is 5.32 Å². The molecule has 0 saturated heterocycles. The maximum atomic E-state index is 5.91. The molecule has 0 bridgehead atoms. The van der Waals surface area contributed by atoms with Crippen molar-refractivity contribution in [1.29, 1.82) is 0 Å². The molecule has 0 amide bonds. The molecule has 3 aromatic rings. The fourth-order valence-corrected chi connectivity index (χ4v) is 5.15. The van der Waals surface area contributed by atoms with E-state index in [0.29, 0.717) is 17.4 Å². The van der Waals surface area contributed by atoms with Gasteiger partial charge in [-0.2, -0.15) is 9.97 Å². The van der Waals surface area contributed by atoms with E-state index in [0.717, 1.165) is 35.3 Å². The van der Waals surface area contributed by atoms with E-state index in [1.54, 1.807) is 6.20 Å². The summed E-state index contributed by atoms with van der Waals surface area (Å²) in [5.74, 6) is 6.88. The van der Waals surface area contributed by atoms with Crippen LogP contribution in [-0.2, 0) is 6.42 Å². The number of aromatic nitrogens is 5. The Morgan fingerprint density at radius 2 is 1.65 bits per heavy atom. The van der Waals surface area contributed by atoms with Gasteiger partial charge in [0.1, 0.15) is 11.5 Å². The van der Waals surface area contributed by atoms with Crippen molar-refractivity contribution in [3.8, 4) is 11.8 Å². The summed E-state index contributed by atoms with van der Waals surface area (Å²) in [5.41, 5.74) is 3.19. The first-order valence-electron chi connectivity index (χ1n) is 12.4. The quantitative estimate of drug-likeness (QED) is 0.309. The SMILES string of the molecule is CCC#Cc1cnc(Cl)nc1NC1CCCC1.CCc1cc2cnc(Cl)nc2n1C1CCCC1. The highest BCUT2D eigenvalue weighted by Crippen LogP contribution is 2.34. The van der Waals surface area contributed by atoms with Gasteiger partial charge in [0.05, 0.1) is 5.56 Å². The average Bonchev–Trinajstić information content (AvgIpc) is 3.59. The van der Waals surface area contributed by atoms with Gasteiger partial charge >= 0.3 is 0 Å². The van der Waals surface area contributed by atoms with E-state index < -0.39 is 0 Å². The molecule has 180 valence electrons. The van der Waals surface area contributed by atoms with E-state index in [1.165, 1.54) is 57.1 Å². The molecule has 8 heteroatoms. The zero-order valence-corrected chi connectivity index (χ0v) is 21.5. The van der Waals surface area contributed by atoms with Gasteiger partial charge < -0.3 is 9.88 Å². The molecule has 2 fully saturated rings. The first-order valence-corrected chi connectivity index (χ1v) is 13.1. The molecule has 0 unspecified atom stereocenters. The van der Waals surface area contributed by atoms with Gasteiger partial charge in [-0.3, -0.25) is 0 Å². The van der Waals surface area contributed by atoms with Crippen LogP contribution in [0.3, 0.4) is 0 Å². The summed E-state index contributed by atoms with van der Waals surface area (Å²) in [4.78, 5) is 16.7. The molecule has 0 radical (unpaired) electrons. The molecule has 0 aromatic carbocycles. The summed E-state index contributed by atoms with van der Waals surface area (Å²) in [6.45, 7) is 4.21. The van der Waals surface area contributed by atoms with Crippen LogP contribution in [0.2, 0.25) is 10.6 Å². The van der Waals surface area contributed by atoms with Crippen molar-refractivity contribution >= 4 is 40.1 Å². The highest BCUT2D eigenvalue weighted by atomic mass is 35.5. The maximum Gasteiger partial charge on any atom is 0.224 e. The minimum Gasteiger partial charge on any atom is -0.366 e. The van der Waals surface area contributed by atoms with Crippen molar-refractivity contribution in [2.45, 2.75) is 90.1 Å². The normalized spacial score (nSPS) is 16.2. The van der Waals surface area contributed by atoms with Gasteiger partial charge in [-0.15, -0.1) is 0 Å². The van der Waals surface area contributed by atoms with Crippen LogP contribution >= 0.6 is 23.2 Å². The number of nitrogens with one attached hydrogen (secondary N) is 1. The Morgan fingerprint density at radius 1 is 0.971 bits per heavy atom. The predicted octanol–water partition coefficient (Wildman–Crippen LogP) is 7.01. The Labute approximate surface area is 211 Å². The third-order valence-corrected chi connectivity index (χ3v) is 6.90. The van der Waals surface area contributed by atoms with E-state index in [4.69, 9.17) is 23.2 Å². The molecule has 5 rings (SSSR count). The van der Waals surface area contributed by atoms with Crippen LogP contribution in [0.1, 0.15) is 88.9 Å². The lowest BCUT2D eigenvalue weighted by Crippen LogP contribution is -2.16. The van der Waals surface area contributed by atoms with E-state index in [1.807, 2.05) is 13.1 Å². The van der Waals surface area contributed by atoms with Crippen molar-refractivity contribution in [3.63, 3.8) is 0 Å². The molecule has 3 heterocycles. The second kappa shape index (κ2) is 11.9. The molecule has 6 nitrogen and oxygen atoms in total. The molecule has 0 atom stereocenters. The van der Waals surface area contributed by atoms with Crippen LogP contribution in [0.5, 0.6) is 0 Å². The molecular weight excluding hydrogens is 467 g/mol. The van der Waals surface area contributed by atoms with Crippen molar-refractivity contribution in [2.75, 3.05) is 5.32 Å². The number of halogens is 2. The minimum atomic E-state index is 0.271. The Hall–Kier alpha value is -2.36. The van der Waals surface area contributed by atoms with Crippen LogP contribution in [0.25, 0.3) is 11.0 Å². The second-order valence-electron chi connectivity index (χ2n) is 8.90. The molecule has 1 N–H and O–H groups in total. The molecule has 34 heavy (non-hydrogen) atoms. The smallest absolute Gasteiger partial charge is 0.224 e. The minimum absolute atomic E-state index is 0.271. The van der Waals surface area contributed by atoms with E-state index in [-0.39, 0.29) is 5.28 Å². The molecule has 2 aliphatic carbocycles. The van der Waals surface area contributed by atoms with Gasteiger partial charge in [0, 0.05) is 42.0 Å². The fraction of sp³-hybridized carbons (Fsp3) is 0.538. The summed E-state index contributed by atoms with van der Waals surface area (Å²) in [6.07, 6.45) is 15.5. The van der Waals surface area contributed by atoms with Crippen molar-refractivity contribution in [1.82, 2.24) is 24.5 Å². The highest BCUT2D eigenvalue weighted by Gasteiger charge is 2.22. The van der Waals surface area contributed by atoms with Gasteiger partial charge in [0.15, 0.2) is 0 Å². The highest BCUT2D eigenvalue weighted by molar-refractivity contribution is 6.28. The number of fused-ring (bicyclic) bond motifs is 1. The Bertz CT molecular complexity index is 1170. The fourth-order valence-electron chi connectivity index (χ4n) is 4.89. The Kier molecular flexibility index (Phi) is 8.64. The zero-order chi connectivity index (χ0) is 23.9. The van der Waals surface area contributed by atoms with Crippen LogP contribution in [0.4, 0.5) is 5.82 Å². The van der Waals surface area contributed by atoms with Crippen molar-refractivity contribution in [3.05, 3.63) is 40.3 Å². The summed E-state index contributed by atoms with van der Waals surface area (Å²) >= 11 is 11.7. The summed E-state index contributed by atoms with van der Waals surface area (Å²) in [6, 6.07) is 3.31. The van der Waals surface area contributed by atoms with E-state index >= 15 is 0 Å². The monoisotopic (exact) mass is 498 g/mol. The largest absolute Gasteiger partial charge is 0.366 e. The average molecular weight is 499 g/mol. The lowest BCUT2D eigenvalue weighted by atomic mass is 10.2. The van der Waals surface area contributed by atoms with E-state index in [2.05, 4.69) is 54.7 Å². The summed E-state index contributed by atoms with van der Waals surface area (Å²) in [5, 5.41) is 5.15. The van der Waals surface area contributed by atoms with Gasteiger partial charge in [-0.1, -0.05) is 51.4 Å². The number of hydrogen-bond acceptors (Lipinski definition) is 5. The topological polar surface area (TPSA) is 68.5 Å². The molecule has 2 saturated carbocycles. The van der Waals surface area contributed by atoms with Crippen LogP contribution in [-0.4, -0.2) is 30.5 Å². The number of rotatable bonds is 4. The van der Waals surface area contributed by atoms with Gasteiger partial charge in [-0.05, 0) is 61.4 Å². The second-order valence-corrected chi connectivity index (χ2v) is 9.57. The Morgan fingerprint density at radius 3 is 2.35 bits per heavy atom. The lowest BCUT2D eigenvalue weighted by Gasteiger charge is -2.16. The van der Waals surface area contributed by atoms with Crippen LogP contribution in [0.15, 0.2) is 18.5 Å². The van der Waals surface area contributed by atoms with Crippen molar-refractivity contribution < 1.29 is 0 Å². The predicted molar refractivity (Wildman–Crippen MR) is 140 cm³/mol. The first kappa shape index (κ1) is 24.8. The first-order chi connectivity index (χ1) is 16.6. The molecule has 0 spiro atoms. The molecule has 2 aliphatic rings. The third kappa shape index (κ3) is 6.00. The lowest BCUT2D eigenvalue weighted by molar-refractivity contribution is 0.515. The molecular formula is C26H32Cl2N6. The molecule has 0 aliphatic heterocycles. The Balaban J connectivity index is 0.000000161. The number of aryl methyl sites for hydroxylation is 1. The number of anilines is 1. The van der Waals surface area contributed by atoms with Gasteiger partial charge in [0.25, 0.3) is 0 Å². The maximum absolute atomic E-state index is 5.91. The third-order valence-electron chi connectivity index (χ3n) is 6.53. The molecule has 3 aromatic heterocycles. The summed E-state index contributed by atoms with van der Waals surface area (Å²) in [7, 11) is 0. The van der Waals surface area contributed by atoms with Crippen LogP contribution in [0, 0.1) is 11.8 Å². The standard InChI is InChI=1S/2C13H16ClN3/c1-2-10-7-9-8-15-13(14)16-12(9)17(10)11-5-3-4-6-11;1-2-3-6-10-9-15-13(14)17-12(10)16-11-7-4-5-8-11/h7-8,11H,2-6H2,1H3;9,11H,2,4-5,7-8H2,1H3,(H,15,16,17). The van der Waals surface area contributed by atoms with Crippen molar-refractivity contribution in [2.24, 2.45) is 0 Å². The van der Waals surface area contributed by atoms with Gasteiger partial charge in [0.2, 0.25) is 10.6 Å². The zero-order valence-electron chi connectivity index (χ0n) is 19.9. The van der Waals surface area contributed by atoms with E-state index in [9.17, 15) is 0 Å². The number of nitrogens with zero attached hydrogens (tertiary/aromatic N) is 5.